The van der Waals surface area contributed by atoms with E-state index in [1.807, 2.05) is 6.07 Å². The maximum absolute atomic E-state index is 13.4. The minimum absolute atomic E-state index is 0.0523. The minimum Gasteiger partial charge on any atom is -0.493 e. The van der Waals surface area contributed by atoms with E-state index in [0.29, 0.717) is 12.0 Å². The van der Waals surface area contributed by atoms with E-state index in [-0.39, 0.29) is 23.6 Å². The zero-order valence-electron chi connectivity index (χ0n) is 17.2. The van der Waals surface area contributed by atoms with Gasteiger partial charge in [0.15, 0.2) is 0 Å². The van der Waals surface area contributed by atoms with Gasteiger partial charge in [0.25, 0.3) is 5.91 Å². The van der Waals surface area contributed by atoms with Crippen molar-refractivity contribution in [2.75, 3.05) is 6.54 Å². The summed E-state index contributed by atoms with van der Waals surface area (Å²) >= 11 is 0. The molecule has 0 saturated carbocycles. The van der Waals surface area contributed by atoms with Gasteiger partial charge in [0.05, 0.1) is 35.1 Å². The number of hydrogen-bond donors (Lipinski definition) is 1. The van der Waals surface area contributed by atoms with Gasteiger partial charge in [-0.25, -0.2) is 14.3 Å². The molecule has 3 aromatic rings. The molecule has 0 aliphatic carbocycles. The Morgan fingerprint density at radius 2 is 2.03 bits per heavy atom. The Hall–Kier alpha value is -4.07. The van der Waals surface area contributed by atoms with Crippen LogP contribution >= 0.6 is 0 Å². The lowest BCUT2D eigenvalue weighted by atomic mass is 10.0. The van der Waals surface area contributed by atoms with Gasteiger partial charge < -0.3 is 10.0 Å². The fourth-order valence-corrected chi connectivity index (χ4v) is 4.77. The molecule has 2 aromatic heterocycles. The van der Waals surface area contributed by atoms with Crippen LogP contribution in [0.4, 0.5) is 13.2 Å². The molecule has 1 aromatic carbocycles. The molecule has 11 heteroatoms. The number of amides is 1. The van der Waals surface area contributed by atoms with Gasteiger partial charge in [0.1, 0.15) is 17.5 Å². The maximum atomic E-state index is 13.4. The van der Waals surface area contributed by atoms with Gasteiger partial charge in [0, 0.05) is 6.54 Å². The highest BCUT2D eigenvalue weighted by atomic mass is 19.4. The van der Waals surface area contributed by atoms with Crippen LogP contribution in [0.15, 0.2) is 41.3 Å². The van der Waals surface area contributed by atoms with E-state index in [0.717, 1.165) is 16.7 Å². The van der Waals surface area contributed by atoms with Gasteiger partial charge in [-0.05, 0) is 37.1 Å². The molecule has 1 fully saturated rings. The summed E-state index contributed by atoms with van der Waals surface area (Å²) < 4.78 is 42.7. The first-order valence-corrected chi connectivity index (χ1v) is 10.0. The van der Waals surface area contributed by atoms with Crippen molar-refractivity contribution in [2.24, 2.45) is 0 Å². The number of benzene rings is 1. The van der Waals surface area contributed by atoms with Crippen molar-refractivity contribution < 1.29 is 23.1 Å². The lowest BCUT2D eigenvalue weighted by Crippen LogP contribution is -2.38. The van der Waals surface area contributed by atoms with Crippen LogP contribution in [0.1, 0.15) is 51.4 Å². The molecular formula is C22H16F3N5O3. The van der Waals surface area contributed by atoms with Crippen molar-refractivity contribution in [3.05, 3.63) is 75.1 Å². The fraction of sp³-hybridized carbons (Fsp3) is 0.273. The Morgan fingerprint density at radius 3 is 2.70 bits per heavy atom. The van der Waals surface area contributed by atoms with Gasteiger partial charge in [-0.2, -0.15) is 18.4 Å². The summed E-state index contributed by atoms with van der Waals surface area (Å²) in [5.74, 6) is -1.21. The van der Waals surface area contributed by atoms with Crippen molar-refractivity contribution in [1.29, 1.82) is 5.26 Å². The Morgan fingerprint density at radius 1 is 1.30 bits per heavy atom. The van der Waals surface area contributed by atoms with E-state index < -0.39 is 46.9 Å². The Kier molecular flexibility index (Phi) is 4.39. The summed E-state index contributed by atoms with van der Waals surface area (Å²) in [4.78, 5) is 31.5. The van der Waals surface area contributed by atoms with Crippen molar-refractivity contribution in [2.45, 2.75) is 31.6 Å². The zero-order chi connectivity index (χ0) is 23.7. The van der Waals surface area contributed by atoms with Crippen LogP contribution in [-0.2, 0) is 6.18 Å². The van der Waals surface area contributed by atoms with Crippen LogP contribution in [0.25, 0.3) is 5.69 Å². The largest absolute Gasteiger partial charge is 0.493 e. The molecule has 168 valence electrons. The summed E-state index contributed by atoms with van der Waals surface area (Å²) in [6.45, 7) is 1.69. The first-order valence-electron chi connectivity index (χ1n) is 10.0. The summed E-state index contributed by atoms with van der Waals surface area (Å²) in [6.07, 6.45) is -3.09. The Balaban J connectivity index is 1.57. The van der Waals surface area contributed by atoms with Gasteiger partial charge in [0.2, 0.25) is 5.88 Å². The number of imidazole rings is 1. The first-order chi connectivity index (χ1) is 15.6. The molecule has 2 aliphatic rings. The number of aryl methyl sites for hydroxylation is 1. The fourth-order valence-electron chi connectivity index (χ4n) is 4.77. The number of carbonyl (C=O) groups excluding carboxylic acids is 1. The molecular weight excluding hydrogens is 439 g/mol. The highest BCUT2D eigenvalue weighted by Gasteiger charge is 2.50. The van der Waals surface area contributed by atoms with Crippen LogP contribution < -0.4 is 5.69 Å². The monoisotopic (exact) mass is 455 g/mol. The van der Waals surface area contributed by atoms with E-state index in [2.05, 4.69) is 4.98 Å². The Labute approximate surface area is 184 Å². The number of alkyl halides is 3. The molecule has 2 atom stereocenters. The third kappa shape index (κ3) is 2.94. The van der Waals surface area contributed by atoms with Crippen molar-refractivity contribution in [3.8, 4) is 17.6 Å². The number of aromatic hydroxyl groups is 1. The molecule has 2 bridgehead atoms. The average Bonchev–Trinajstić information content (AvgIpc) is 3.44. The molecule has 1 amide bonds. The summed E-state index contributed by atoms with van der Waals surface area (Å²) in [7, 11) is 0. The molecule has 1 N–H and O–H groups in total. The average molecular weight is 455 g/mol. The number of halogens is 3. The molecule has 0 unspecified atom stereocenters. The first kappa shape index (κ1) is 20.8. The van der Waals surface area contributed by atoms with Crippen LogP contribution in [0, 0.1) is 18.3 Å². The summed E-state index contributed by atoms with van der Waals surface area (Å²) in [5.41, 5.74) is -0.932. The molecule has 2 aliphatic heterocycles. The zero-order valence-corrected chi connectivity index (χ0v) is 17.2. The van der Waals surface area contributed by atoms with Gasteiger partial charge in [-0.3, -0.25) is 9.36 Å². The third-order valence-corrected chi connectivity index (χ3v) is 6.21. The standard InChI is InChI=1S/C22H16F3N5O3/c1-11-6-12(9-27-16(11)8-26)30-20(32)18-17-7-13(29(18)21(30)33)10-28(17)19(31)14-4-2-3-5-15(14)22(23,24)25/h2-6,9,13,17,32H,7,10H2,1H3/t13-,17-/m0/s1. The molecule has 8 nitrogen and oxygen atoms in total. The van der Waals surface area contributed by atoms with E-state index in [9.17, 15) is 27.9 Å². The second-order valence-electron chi connectivity index (χ2n) is 8.07. The van der Waals surface area contributed by atoms with Gasteiger partial charge in [-0.15, -0.1) is 0 Å². The number of likely N-dealkylation sites (tertiary alicyclic amines) is 1. The number of hydrogen-bond acceptors (Lipinski definition) is 5. The third-order valence-electron chi connectivity index (χ3n) is 6.21. The van der Waals surface area contributed by atoms with Gasteiger partial charge >= 0.3 is 11.9 Å². The molecule has 0 spiro atoms. The minimum atomic E-state index is -4.70. The number of fused-ring (bicyclic) bond motifs is 5. The summed E-state index contributed by atoms with van der Waals surface area (Å²) in [5, 5.41) is 20.0. The lowest BCUT2D eigenvalue weighted by molar-refractivity contribution is -0.138. The van der Waals surface area contributed by atoms with Crippen LogP contribution in [0.3, 0.4) is 0 Å². The van der Waals surface area contributed by atoms with E-state index >= 15 is 0 Å². The van der Waals surface area contributed by atoms with Crippen molar-refractivity contribution >= 4 is 5.91 Å². The van der Waals surface area contributed by atoms with E-state index in [4.69, 9.17) is 5.26 Å². The highest BCUT2D eigenvalue weighted by Crippen LogP contribution is 2.49. The SMILES string of the molecule is Cc1cc(-n2c(O)c3n(c2=O)[C@H]2C[C@@H]3N(C(=O)c3ccccc3C(F)(F)F)C2)cnc1C#N. The number of nitriles is 1. The van der Waals surface area contributed by atoms with Gasteiger partial charge in [-0.1, -0.05) is 12.1 Å². The topological polar surface area (TPSA) is 104 Å². The number of aromatic nitrogens is 3. The van der Waals surface area contributed by atoms with Crippen molar-refractivity contribution in [3.63, 3.8) is 0 Å². The predicted molar refractivity (Wildman–Crippen MR) is 108 cm³/mol. The Bertz CT molecular complexity index is 1420. The van der Waals surface area contributed by atoms with Crippen molar-refractivity contribution in [1.82, 2.24) is 19.0 Å². The number of pyridine rings is 1. The normalized spacial score (nSPS) is 18.9. The number of rotatable bonds is 2. The number of nitrogens with zero attached hydrogens (tertiary/aromatic N) is 5. The second-order valence-corrected chi connectivity index (χ2v) is 8.07. The number of carbonyl (C=O) groups is 1. The van der Waals surface area contributed by atoms with Crippen LogP contribution in [-0.4, -0.2) is 36.6 Å². The molecule has 0 radical (unpaired) electrons. The van der Waals surface area contributed by atoms with E-state index in [1.54, 1.807) is 6.92 Å². The molecule has 33 heavy (non-hydrogen) atoms. The molecule has 4 heterocycles. The smallest absolute Gasteiger partial charge is 0.417 e. The lowest BCUT2D eigenvalue weighted by Gasteiger charge is -2.28. The van der Waals surface area contributed by atoms with E-state index in [1.165, 1.54) is 33.9 Å². The van der Waals surface area contributed by atoms with Crippen LogP contribution in [0.5, 0.6) is 5.88 Å². The maximum Gasteiger partial charge on any atom is 0.417 e. The second kappa shape index (κ2) is 6.96. The highest BCUT2D eigenvalue weighted by molar-refractivity contribution is 5.96. The van der Waals surface area contributed by atoms with Crippen LogP contribution in [0.2, 0.25) is 0 Å². The summed E-state index contributed by atoms with van der Waals surface area (Å²) in [6, 6.07) is 6.80. The molecule has 5 rings (SSSR count). The predicted octanol–water partition coefficient (Wildman–Crippen LogP) is 3.08. The quantitative estimate of drug-likeness (QED) is 0.640. The molecule has 1 saturated heterocycles.